The molecule has 7 nitrogen and oxygen atoms in total. The third-order valence-electron chi connectivity index (χ3n) is 8.95. The molecule has 6 bridgehead atoms. The second-order valence-corrected chi connectivity index (χ2v) is 12.8. The van der Waals surface area contributed by atoms with Crippen LogP contribution in [-0.4, -0.2) is 40.0 Å². The minimum Gasteiger partial charge on any atom is -0.487 e. The smallest absolute Gasteiger partial charge is 0.391 e. The third-order valence-corrected chi connectivity index (χ3v) is 8.95. The molecule has 42 heavy (non-hydrogen) atoms. The number of nitrogens with two attached hydrogens (primary N) is 1. The summed E-state index contributed by atoms with van der Waals surface area (Å²) >= 11 is 0. The van der Waals surface area contributed by atoms with Gasteiger partial charge in [-0.05, 0) is 75.8 Å². The van der Waals surface area contributed by atoms with Crippen molar-refractivity contribution < 1.29 is 27.5 Å². The zero-order chi connectivity index (χ0) is 30.5. The van der Waals surface area contributed by atoms with Gasteiger partial charge in [-0.2, -0.15) is 13.2 Å². The fraction of sp³-hybridized carbons (Fsp3) is 0.531. The molecule has 4 aliphatic heterocycles. The van der Waals surface area contributed by atoms with E-state index in [1.807, 2.05) is 32.9 Å². The van der Waals surface area contributed by atoms with E-state index >= 15 is 0 Å². The first-order chi connectivity index (χ1) is 19.6. The highest BCUT2D eigenvalue weighted by atomic mass is 19.4. The lowest BCUT2D eigenvalue weighted by Gasteiger charge is -2.46. The summed E-state index contributed by atoms with van der Waals surface area (Å²) in [5, 5.41) is 3.10. The summed E-state index contributed by atoms with van der Waals surface area (Å²) in [7, 11) is 0. The summed E-state index contributed by atoms with van der Waals surface area (Å²) in [6, 6.07) is 11.7. The van der Waals surface area contributed by atoms with Gasteiger partial charge in [-0.3, -0.25) is 14.5 Å². The predicted octanol–water partition coefficient (Wildman–Crippen LogP) is 6.31. The Morgan fingerprint density at radius 1 is 1.12 bits per heavy atom. The number of aliphatic imine (C=N–C) groups is 1. The van der Waals surface area contributed by atoms with E-state index in [4.69, 9.17) is 15.5 Å². The Bertz CT molecular complexity index is 1420. The van der Waals surface area contributed by atoms with Gasteiger partial charge in [0.1, 0.15) is 11.4 Å². The highest BCUT2D eigenvalue weighted by Gasteiger charge is 2.51. The van der Waals surface area contributed by atoms with Crippen LogP contribution in [0.25, 0.3) is 0 Å². The molecule has 2 aromatic carbocycles. The molecule has 4 heterocycles. The molecule has 0 aliphatic carbocycles. The quantitative estimate of drug-likeness (QED) is 0.433. The van der Waals surface area contributed by atoms with E-state index in [0.717, 1.165) is 35.3 Å². The molecule has 3 atom stereocenters. The third kappa shape index (κ3) is 5.85. The van der Waals surface area contributed by atoms with Crippen molar-refractivity contribution in [1.29, 1.82) is 0 Å². The number of fused-ring (bicyclic) bond motifs is 5. The van der Waals surface area contributed by atoms with E-state index in [0.29, 0.717) is 25.0 Å². The number of hydrogen-bond acceptors (Lipinski definition) is 5. The Balaban J connectivity index is 1.64. The van der Waals surface area contributed by atoms with E-state index in [1.165, 1.54) is 25.1 Å². The molecule has 6 rings (SSSR count). The van der Waals surface area contributed by atoms with Crippen molar-refractivity contribution in [3.05, 3.63) is 64.7 Å². The molecular weight excluding hydrogens is 545 g/mol. The molecule has 10 heteroatoms. The van der Waals surface area contributed by atoms with Gasteiger partial charge in [-0.1, -0.05) is 37.6 Å². The Kier molecular flexibility index (Phi) is 7.56. The zero-order valence-corrected chi connectivity index (χ0v) is 24.6. The highest BCUT2D eigenvalue weighted by Crippen LogP contribution is 2.44. The maximum absolute atomic E-state index is 14.1. The maximum Gasteiger partial charge on any atom is 0.391 e. The van der Waals surface area contributed by atoms with Crippen molar-refractivity contribution >= 4 is 17.8 Å². The van der Waals surface area contributed by atoms with Gasteiger partial charge < -0.3 is 15.8 Å². The number of aryl methyl sites for hydroxylation is 1. The van der Waals surface area contributed by atoms with Gasteiger partial charge in [0.2, 0.25) is 5.91 Å². The van der Waals surface area contributed by atoms with Crippen LogP contribution in [-0.2, 0) is 16.8 Å². The van der Waals surface area contributed by atoms with E-state index in [9.17, 15) is 22.8 Å². The molecule has 226 valence electrons. The Labute approximate surface area is 244 Å². The van der Waals surface area contributed by atoms with Gasteiger partial charge >= 0.3 is 6.18 Å². The lowest BCUT2D eigenvalue weighted by Crippen LogP contribution is -2.60. The lowest BCUT2D eigenvalue weighted by atomic mass is 9.81. The zero-order valence-electron chi connectivity index (χ0n) is 24.6. The van der Waals surface area contributed by atoms with E-state index < -0.39 is 41.1 Å². The topological polar surface area (TPSA) is 97.0 Å². The molecule has 1 unspecified atom stereocenters. The standard InChI is InChI=1S/C32H39F3N4O3/c1-5-31-14-7-6-9-20-12-13-25-23(15-20)24(17-29(2,3)42-25)37-27(41)21-10-8-11-22(16-21)30(4,19-32(33,34)35)39(26(40)18-31)28(36)38-31/h8,10-13,15-16,24H,5-7,9,14,17-19H2,1-4H3,(H2,36,38)(H,37,41)/t24-,30?,31+/m0/s1. The van der Waals surface area contributed by atoms with Gasteiger partial charge in [0, 0.05) is 17.5 Å². The van der Waals surface area contributed by atoms with Gasteiger partial charge in [0.05, 0.1) is 30.0 Å². The molecule has 0 saturated carbocycles. The second-order valence-electron chi connectivity index (χ2n) is 12.8. The number of benzene rings is 2. The van der Waals surface area contributed by atoms with Crippen molar-refractivity contribution in [3.63, 3.8) is 0 Å². The van der Waals surface area contributed by atoms with Crippen LogP contribution < -0.4 is 15.8 Å². The number of alkyl halides is 3. The van der Waals surface area contributed by atoms with Gasteiger partial charge in [-0.25, -0.2) is 4.99 Å². The molecular formula is C32H39F3N4O3. The summed E-state index contributed by atoms with van der Waals surface area (Å²) in [4.78, 5) is 33.0. The van der Waals surface area contributed by atoms with Crippen molar-refractivity contribution in [2.45, 2.75) is 108 Å². The molecule has 0 saturated heterocycles. The van der Waals surface area contributed by atoms with Crippen LogP contribution in [0.15, 0.2) is 47.5 Å². The van der Waals surface area contributed by atoms with Crippen LogP contribution in [0.2, 0.25) is 0 Å². The van der Waals surface area contributed by atoms with Crippen LogP contribution in [0.1, 0.15) is 106 Å². The number of carbonyl (C=O) groups is 2. The number of nitrogens with one attached hydrogen (secondary N) is 1. The Morgan fingerprint density at radius 3 is 2.57 bits per heavy atom. The summed E-state index contributed by atoms with van der Waals surface area (Å²) in [5.41, 5.74) is 5.49. The molecule has 3 N–H and O–H groups in total. The summed E-state index contributed by atoms with van der Waals surface area (Å²) in [6.07, 6.45) is -1.99. The highest BCUT2D eigenvalue weighted by molar-refractivity contribution is 6.00. The number of carbonyl (C=O) groups excluding carboxylic acids is 2. The van der Waals surface area contributed by atoms with Crippen LogP contribution in [0.3, 0.4) is 0 Å². The average molecular weight is 585 g/mol. The number of hydrogen-bond donors (Lipinski definition) is 2. The molecule has 0 aromatic heterocycles. The normalized spacial score (nSPS) is 27.8. The fourth-order valence-electron chi connectivity index (χ4n) is 6.78. The number of rotatable bonds is 2. The first kappa shape index (κ1) is 29.9. The number of amides is 2. The SMILES string of the molecule is CC[C@@]12CCCCc3ccc4c(c3)[C@H](CC(C)(C)O4)NC(=O)c3cccc(c3)C(C)(CC(F)(F)F)N(C(=O)C1)C(N)=N2. The van der Waals surface area contributed by atoms with Crippen molar-refractivity contribution in [1.82, 2.24) is 10.2 Å². The van der Waals surface area contributed by atoms with E-state index in [-0.39, 0.29) is 29.5 Å². The second kappa shape index (κ2) is 10.6. The van der Waals surface area contributed by atoms with Crippen LogP contribution in [0.4, 0.5) is 13.2 Å². The number of nitrogens with zero attached hydrogens (tertiary/aromatic N) is 2. The van der Waals surface area contributed by atoms with E-state index in [1.54, 1.807) is 6.07 Å². The first-order valence-corrected chi connectivity index (χ1v) is 14.6. The molecule has 0 radical (unpaired) electrons. The lowest BCUT2D eigenvalue weighted by molar-refractivity contribution is -0.164. The van der Waals surface area contributed by atoms with E-state index in [2.05, 4.69) is 11.4 Å². The number of guanidine groups is 1. The average Bonchev–Trinajstić information content (AvgIpc) is 2.89. The maximum atomic E-state index is 14.1. The fourth-order valence-corrected chi connectivity index (χ4v) is 6.78. The molecule has 2 amide bonds. The van der Waals surface area contributed by atoms with Crippen LogP contribution in [0, 0.1) is 0 Å². The molecule has 4 aliphatic rings. The van der Waals surface area contributed by atoms with Gasteiger partial charge in [0.25, 0.3) is 5.91 Å². The minimum atomic E-state index is -4.63. The molecule has 2 aromatic rings. The van der Waals surface area contributed by atoms with Crippen LogP contribution in [0.5, 0.6) is 5.75 Å². The largest absolute Gasteiger partial charge is 0.487 e. The Morgan fingerprint density at radius 2 is 1.88 bits per heavy atom. The Hall–Kier alpha value is -3.56. The summed E-state index contributed by atoms with van der Waals surface area (Å²) in [6.45, 7) is 7.18. The number of halogens is 3. The minimum absolute atomic E-state index is 0.0362. The number of ether oxygens (including phenoxy) is 1. The van der Waals surface area contributed by atoms with Crippen LogP contribution >= 0.6 is 0 Å². The summed E-state index contributed by atoms with van der Waals surface area (Å²) in [5.74, 6) is -0.445. The predicted molar refractivity (Wildman–Crippen MR) is 154 cm³/mol. The van der Waals surface area contributed by atoms with Gasteiger partial charge in [-0.15, -0.1) is 0 Å². The molecule has 0 fully saturated rings. The monoisotopic (exact) mass is 584 g/mol. The first-order valence-electron chi connectivity index (χ1n) is 14.6. The van der Waals surface area contributed by atoms with Gasteiger partial charge in [0.15, 0.2) is 5.96 Å². The van der Waals surface area contributed by atoms with Crippen molar-refractivity contribution in [2.24, 2.45) is 10.7 Å². The molecule has 0 spiro atoms. The van der Waals surface area contributed by atoms with Crippen molar-refractivity contribution in [2.75, 3.05) is 0 Å². The summed E-state index contributed by atoms with van der Waals surface area (Å²) < 4.78 is 48.6. The van der Waals surface area contributed by atoms with Crippen molar-refractivity contribution in [3.8, 4) is 5.75 Å².